The molecule has 0 radical (unpaired) electrons. The van der Waals surface area contributed by atoms with Crippen LogP contribution in [0.1, 0.15) is 25.3 Å². The number of likely N-dealkylation sites (tertiary alicyclic amines) is 1. The highest BCUT2D eigenvalue weighted by atomic mass is 127. The van der Waals surface area contributed by atoms with Gasteiger partial charge in [0.05, 0.1) is 0 Å². The first-order valence-electron chi connectivity index (χ1n) is 9.48. The summed E-state index contributed by atoms with van der Waals surface area (Å²) in [5, 5.41) is 6.91. The van der Waals surface area contributed by atoms with Crippen LogP contribution in [0.5, 0.6) is 0 Å². The number of guanidine groups is 1. The second-order valence-electron chi connectivity index (χ2n) is 7.08. The third-order valence-corrected chi connectivity index (χ3v) is 4.96. The Labute approximate surface area is 180 Å². The zero-order valence-electron chi connectivity index (χ0n) is 16.9. The summed E-state index contributed by atoms with van der Waals surface area (Å²) < 4.78 is 0. The van der Waals surface area contributed by atoms with Gasteiger partial charge in [0.25, 0.3) is 0 Å². The Kier molecular flexibility index (Phi) is 10.7. The molecular formula is C20H34IN5O. The van der Waals surface area contributed by atoms with E-state index in [2.05, 4.69) is 58.9 Å². The third kappa shape index (κ3) is 7.65. The number of hydrogen-bond acceptors (Lipinski definition) is 3. The van der Waals surface area contributed by atoms with E-state index in [1.54, 1.807) is 7.05 Å². The Morgan fingerprint density at radius 3 is 2.63 bits per heavy atom. The van der Waals surface area contributed by atoms with Gasteiger partial charge in [0.1, 0.15) is 0 Å². The van der Waals surface area contributed by atoms with Gasteiger partial charge in [-0.3, -0.25) is 9.79 Å². The van der Waals surface area contributed by atoms with Crippen LogP contribution in [0.4, 0.5) is 0 Å². The molecule has 27 heavy (non-hydrogen) atoms. The van der Waals surface area contributed by atoms with Crippen molar-refractivity contribution < 1.29 is 4.79 Å². The fraction of sp³-hybridized carbons (Fsp3) is 0.600. The number of nitrogens with one attached hydrogen (secondary N) is 2. The van der Waals surface area contributed by atoms with Crippen LogP contribution in [0.15, 0.2) is 35.3 Å². The van der Waals surface area contributed by atoms with Crippen molar-refractivity contribution in [3.63, 3.8) is 0 Å². The lowest BCUT2D eigenvalue weighted by atomic mass is 10.1. The molecule has 0 aliphatic carbocycles. The van der Waals surface area contributed by atoms with Crippen molar-refractivity contribution in [2.24, 2.45) is 4.99 Å². The summed E-state index contributed by atoms with van der Waals surface area (Å²) in [7, 11) is 6.01. The maximum atomic E-state index is 11.8. The minimum absolute atomic E-state index is 0. The lowest BCUT2D eigenvalue weighted by molar-refractivity contribution is -0.129. The van der Waals surface area contributed by atoms with Crippen LogP contribution >= 0.6 is 24.0 Å². The van der Waals surface area contributed by atoms with E-state index in [1.807, 2.05) is 17.9 Å². The highest BCUT2D eigenvalue weighted by Gasteiger charge is 2.26. The van der Waals surface area contributed by atoms with Gasteiger partial charge in [0.2, 0.25) is 5.91 Å². The van der Waals surface area contributed by atoms with Crippen molar-refractivity contribution in [3.8, 4) is 0 Å². The lowest BCUT2D eigenvalue weighted by Crippen LogP contribution is -2.49. The molecule has 152 valence electrons. The number of benzene rings is 1. The third-order valence-electron chi connectivity index (χ3n) is 4.96. The van der Waals surface area contributed by atoms with Gasteiger partial charge < -0.3 is 20.4 Å². The first kappa shape index (κ1) is 23.7. The Morgan fingerprint density at radius 2 is 2.04 bits per heavy atom. The summed E-state index contributed by atoms with van der Waals surface area (Å²) in [5.41, 5.74) is 1.33. The summed E-state index contributed by atoms with van der Waals surface area (Å²) in [6.07, 6.45) is 2.53. The van der Waals surface area contributed by atoms with Crippen LogP contribution < -0.4 is 10.6 Å². The van der Waals surface area contributed by atoms with Crippen molar-refractivity contribution in [1.82, 2.24) is 20.4 Å². The Hall–Kier alpha value is -1.35. The van der Waals surface area contributed by atoms with Gasteiger partial charge in [0.15, 0.2) is 5.96 Å². The largest absolute Gasteiger partial charge is 0.355 e. The normalized spacial score (nSPS) is 18.2. The Morgan fingerprint density at radius 1 is 1.33 bits per heavy atom. The Balaban J connectivity index is 0.00000364. The van der Waals surface area contributed by atoms with Gasteiger partial charge in [0, 0.05) is 45.2 Å². The number of halogens is 1. The molecule has 1 aromatic carbocycles. The fourth-order valence-corrected chi connectivity index (χ4v) is 3.25. The van der Waals surface area contributed by atoms with E-state index in [1.165, 1.54) is 5.56 Å². The van der Waals surface area contributed by atoms with Crippen LogP contribution in [-0.2, 0) is 11.2 Å². The molecule has 1 amide bonds. The Bertz CT molecular complexity index is 593. The van der Waals surface area contributed by atoms with Gasteiger partial charge in [-0.05, 0) is 32.5 Å². The van der Waals surface area contributed by atoms with Crippen LogP contribution in [0, 0.1) is 0 Å². The quantitative estimate of drug-likeness (QED) is 0.351. The molecule has 1 heterocycles. The molecule has 1 aliphatic rings. The van der Waals surface area contributed by atoms with E-state index >= 15 is 0 Å². The second kappa shape index (κ2) is 12.2. The number of likely N-dealkylation sites (N-methyl/N-ethyl adjacent to an activating group) is 1. The van der Waals surface area contributed by atoms with Crippen molar-refractivity contribution >= 4 is 35.8 Å². The van der Waals surface area contributed by atoms with E-state index in [9.17, 15) is 4.79 Å². The van der Waals surface area contributed by atoms with E-state index in [0.29, 0.717) is 12.5 Å². The second-order valence-corrected chi connectivity index (χ2v) is 7.08. The van der Waals surface area contributed by atoms with Gasteiger partial charge in [-0.2, -0.15) is 0 Å². The topological polar surface area (TPSA) is 60.0 Å². The molecule has 1 aliphatic heterocycles. The summed E-state index contributed by atoms with van der Waals surface area (Å²) in [6, 6.07) is 11.2. The molecule has 0 spiro atoms. The van der Waals surface area contributed by atoms with Crippen molar-refractivity contribution in [3.05, 3.63) is 35.9 Å². The molecule has 1 saturated heterocycles. The van der Waals surface area contributed by atoms with E-state index < -0.39 is 0 Å². The van der Waals surface area contributed by atoms with E-state index in [-0.39, 0.29) is 35.9 Å². The van der Waals surface area contributed by atoms with Gasteiger partial charge in [-0.25, -0.2) is 0 Å². The van der Waals surface area contributed by atoms with Crippen LogP contribution in [0.25, 0.3) is 0 Å². The van der Waals surface area contributed by atoms with Crippen molar-refractivity contribution in [2.75, 3.05) is 40.8 Å². The maximum Gasteiger partial charge on any atom is 0.222 e. The minimum atomic E-state index is 0. The van der Waals surface area contributed by atoms with Crippen LogP contribution in [-0.4, -0.2) is 74.5 Å². The zero-order valence-corrected chi connectivity index (χ0v) is 19.3. The molecule has 6 nitrogen and oxygen atoms in total. The monoisotopic (exact) mass is 487 g/mol. The number of rotatable bonds is 7. The number of amides is 1. The van der Waals surface area contributed by atoms with Crippen molar-refractivity contribution in [1.29, 1.82) is 0 Å². The summed E-state index contributed by atoms with van der Waals surface area (Å²) in [4.78, 5) is 20.4. The molecule has 2 atom stereocenters. The van der Waals surface area contributed by atoms with Crippen molar-refractivity contribution in [2.45, 2.75) is 38.3 Å². The van der Waals surface area contributed by atoms with E-state index in [0.717, 1.165) is 38.4 Å². The molecule has 1 fully saturated rings. The highest BCUT2D eigenvalue weighted by molar-refractivity contribution is 14.0. The van der Waals surface area contributed by atoms with Gasteiger partial charge in [-0.15, -0.1) is 24.0 Å². The number of nitrogens with zero attached hydrogens (tertiary/aromatic N) is 3. The van der Waals surface area contributed by atoms with Gasteiger partial charge >= 0.3 is 0 Å². The number of carbonyl (C=O) groups is 1. The molecule has 1 aromatic rings. The number of hydrogen-bond donors (Lipinski definition) is 2. The summed E-state index contributed by atoms with van der Waals surface area (Å²) >= 11 is 0. The van der Waals surface area contributed by atoms with Crippen LogP contribution in [0.3, 0.4) is 0 Å². The SMILES string of the molecule is CCC(=O)N1CCC(NC(=NC)NCC(Cc2ccccc2)N(C)C)C1.I. The summed E-state index contributed by atoms with van der Waals surface area (Å²) in [5.74, 6) is 1.04. The molecule has 0 saturated carbocycles. The molecular weight excluding hydrogens is 453 g/mol. The first-order valence-corrected chi connectivity index (χ1v) is 9.48. The van der Waals surface area contributed by atoms with E-state index in [4.69, 9.17) is 0 Å². The predicted octanol–water partition coefficient (Wildman–Crippen LogP) is 1.95. The lowest BCUT2D eigenvalue weighted by Gasteiger charge is -2.26. The number of aliphatic imine (C=N–C) groups is 1. The summed E-state index contributed by atoms with van der Waals surface area (Å²) in [6.45, 7) is 4.31. The average molecular weight is 487 g/mol. The highest BCUT2D eigenvalue weighted by Crippen LogP contribution is 2.10. The smallest absolute Gasteiger partial charge is 0.222 e. The maximum absolute atomic E-state index is 11.8. The van der Waals surface area contributed by atoms with Gasteiger partial charge in [-0.1, -0.05) is 37.3 Å². The average Bonchev–Trinajstić information content (AvgIpc) is 3.12. The van der Waals surface area contributed by atoms with Crippen LogP contribution in [0.2, 0.25) is 0 Å². The molecule has 0 aromatic heterocycles. The molecule has 2 rings (SSSR count). The number of carbonyl (C=O) groups excluding carboxylic acids is 1. The standard InChI is InChI=1S/C20H33N5O.HI/c1-5-19(26)25-12-11-17(15-25)23-20(21-2)22-14-18(24(3)4)13-16-9-7-6-8-10-16;/h6-10,17-18H,5,11-15H2,1-4H3,(H2,21,22,23);1H. The molecule has 2 N–H and O–H groups in total. The zero-order chi connectivity index (χ0) is 18.9. The fourth-order valence-electron chi connectivity index (χ4n) is 3.25. The predicted molar refractivity (Wildman–Crippen MR) is 123 cm³/mol. The molecule has 2 unspecified atom stereocenters. The minimum Gasteiger partial charge on any atom is -0.355 e. The first-order chi connectivity index (χ1) is 12.5. The molecule has 7 heteroatoms. The molecule has 0 bridgehead atoms.